The molecule has 0 atom stereocenters. The molecule has 1 aliphatic heterocycles. The molecule has 3 rings (SSSR count). The number of anilines is 1. The smallest absolute Gasteiger partial charge is 0.332 e. The molecule has 8 nitrogen and oxygen atoms in total. The second-order valence-electron chi connectivity index (χ2n) is 6.31. The van der Waals surface area contributed by atoms with Crippen LogP contribution in [0.15, 0.2) is 33.9 Å². The average Bonchev–Trinajstić information content (AvgIpc) is 2.68. The van der Waals surface area contributed by atoms with E-state index in [1.807, 2.05) is 6.07 Å². The number of carbonyl (C=O) groups excluding carboxylic acids is 1. The van der Waals surface area contributed by atoms with Crippen molar-refractivity contribution < 1.29 is 4.79 Å². The quantitative estimate of drug-likeness (QED) is 0.751. The molecule has 1 saturated heterocycles. The van der Waals surface area contributed by atoms with Crippen molar-refractivity contribution in [3.8, 4) is 6.07 Å². The topological polar surface area (TPSA) is 91.3 Å². The molecule has 1 aromatic heterocycles. The zero-order chi connectivity index (χ0) is 19.7. The lowest BCUT2D eigenvalue weighted by atomic mass is 10.1. The first kappa shape index (κ1) is 18.7. The van der Waals surface area contributed by atoms with Crippen LogP contribution in [-0.4, -0.2) is 46.1 Å². The molecule has 0 aliphatic carbocycles. The first-order chi connectivity index (χ1) is 12.8. The molecule has 1 aromatic carbocycles. The van der Waals surface area contributed by atoms with E-state index in [9.17, 15) is 19.6 Å². The van der Waals surface area contributed by atoms with E-state index >= 15 is 0 Å². The number of carbonyl (C=O) groups is 1. The van der Waals surface area contributed by atoms with Crippen LogP contribution in [-0.2, 0) is 14.1 Å². The van der Waals surface area contributed by atoms with Gasteiger partial charge in [-0.15, -0.1) is 0 Å². The molecule has 1 fully saturated rings. The minimum atomic E-state index is -0.618. The molecular weight excluding hydrogens is 370 g/mol. The van der Waals surface area contributed by atoms with Gasteiger partial charge < -0.3 is 9.80 Å². The Kier molecular flexibility index (Phi) is 5.06. The van der Waals surface area contributed by atoms with Crippen molar-refractivity contribution in [3.63, 3.8) is 0 Å². The standard InChI is InChI=1S/C18H18ClN5O3/c1-21-15(14(11-20)17(26)22(2)18(21)27)23-6-8-24(9-7-23)16(25)12-4-3-5-13(19)10-12/h3-5,10H,6-9H2,1-2H3. The van der Waals surface area contributed by atoms with Crippen LogP contribution in [0, 0.1) is 11.3 Å². The van der Waals surface area contributed by atoms with Crippen molar-refractivity contribution >= 4 is 23.3 Å². The Morgan fingerprint density at radius 1 is 1.11 bits per heavy atom. The second kappa shape index (κ2) is 7.29. The number of rotatable bonds is 2. The van der Waals surface area contributed by atoms with Gasteiger partial charge in [0.1, 0.15) is 11.9 Å². The van der Waals surface area contributed by atoms with Crippen LogP contribution in [0.2, 0.25) is 5.02 Å². The number of hydrogen-bond donors (Lipinski definition) is 0. The summed E-state index contributed by atoms with van der Waals surface area (Å²) in [6.45, 7) is 1.61. The first-order valence-electron chi connectivity index (χ1n) is 8.35. The van der Waals surface area contributed by atoms with Crippen LogP contribution in [0.4, 0.5) is 5.82 Å². The monoisotopic (exact) mass is 387 g/mol. The lowest BCUT2D eigenvalue weighted by Gasteiger charge is -2.36. The van der Waals surface area contributed by atoms with Crippen LogP contribution in [0.1, 0.15) is 15.9 Å². The molecule has 0 bridgehead atoms. The summed E-state index contributed by atoms with van der Waals surface area (Å²) in [5.41, 5.74) is -0.677. The highest BCUT2D eigenvalue weighted by atomic mass is 35.5. The fourth-order valence-corrected chi connectivity index (χ4v) is 3.42. The number of halogens is 1. The van der Waals surface area contributed by atoms with Gasteiger partial charge in [-0.25, -0.2) is 4.79 Å². The molecule has 2 aromatic rings. The normalized spacial score (nSPS) is 14.1. The lowest BCUT2D eigenvalue weighted by Crippen LogP contribution is -2.51. The van der Waals surface area contributed by atoms with Gasteiger partial charge in [0.2, 0.25) is 0 Å². The van der Waals surface area contributed by atoms with Gasteiger partial charge in [0, 0.05) is 50.9 Å². The highest BCUT2D eigenvalue weighted by Crippen LogP contribution is 2.19. The molecule has 140 valence electrons. The Hall–Kier alpha value is -3.05. The van der Waals surface area contributed by atoms with E-state index in [2.05, 4.69) is 0 Å². The van der Waals surface area contributed by atoms with Gasteiger partial charge in [-0.3, -0.25) is 18.7 Å². The third-order valence-electron chi connectivity index (χ3n) is 4.68. The number of nitriles is 1. The van der Waals surface area contributed by atoms with Crippen LogP contribution in [0.3, 0.4) is 0 Å². The Labute approximate surface area is 160 Å². The van der Waals surface area contributed by atoms with Crippen molar-refractivity contribution in [2.75, 3.05) is 31.1 Å². The van der Waals surface area contributed by atoms with E-state index in [1.54, 1.807) is 34.1 Å². The number of benzene rings is 1. The summed E-state index contributed by atoms with van der Waals surface area (Å²) in [6, 6.07) is 8.66. The van der Waals surface area contributed by atoms with Crippen LogP contribution >= 0.6 is 11.6 Å². The van der Waals surface area contributed by atoms with Gasteiger partial charge in [0.05, 0.1) is 0 Å². The van der Waals surface area contributed by atoms with Gasteiger partial charge in [-0.2, -0.15) is 5.26 Å². The Morgan fingerprint density at radius 3 is 2.37 bits per heavy atom. The molecule has 0 radical (unpaired) electrons. The highest BCUT2D eigenvalue weighted by Gasteiger charge is 2.27. The molecule has 9 heteroatoms. The SMILES string of the molecule is Cn1c(N2CCN(C(=O)c3cccc(Cl)c3)CC2)c(C#N)c(=O)n(C)c1=O. The van der Waals surface area contributed by atoms with Crippen molar-refractivity contribution in [2.45, 2.75) is 0 Å². The van der Waals surface area contributed by atoms with Gasteiger partial charge in [0.15, 0.2) is 5.56 Å². The molecule has 27 heavy (non-hydrogen) atoms. The maximum Gasteiger partial charge on any atom is 0.332 e. The molecule has 0 unspecified atom stereocenters. The van der Waals surface area contributed by atoms with Gasteiger partial charge in [-0.05, 0) is 18.2 Å². The van der Waals surface area contributed by atoms with E-state index in [-0.39, 0.29) is 11.5 Å². The highest BCUT2D eigenvalue weighted by molar-refractivity contribution is 6.30. The third-order valence-corrected chi connectivity index (χ3v) is 4.92. The maximum absolute atomic E-state index is 12.6. The second-order valence-corrected chi connectivity index (χ2v) is 6.74. The zero-order valence-corrected chi connectivity index (χ0v) is 15.7. The Morgan fingerprint density at radius 2 is 1.78 bits per heavy atom. The van der Waals surface area contributed by atoms with Crippen molar-refractivity contribution in [2.24, 2.45) is 14.1 Å². The Balaban J connectivity index is 1.85. The van der Waals surface area contributed by atoms with Gasteiger partial charge >= 0.3 is 5.69 Å². The summed E-state index contributed by atoms with van der Waals surface area (Å²) in [6.07, 6.45) is 0. The van der Waals surface area contributed by atoms with Crippen LogP contribution in [0.5, 0.6) is 0 Å². The van der Waals surface area contributed by atoms with Gasteiger partial charge in [-0.1, -0.05) is 17.7 Å². The minimum absolute atomic E-state index is 0.0748. The van der Waals surface area contributed by atoms with E-state index in [4.69, 9.17) is 11.6 Å². The summed E-state index contributed by atoms with van der Waals surface area (Å²) in [4.78, 5) is 40.6. The molecule has 0 N–H and O–H groups in total. The van der Waals surface area contributed by atoms with Crippen molar-refractivity contribution in [3.05, 3.63) is 61.3 Å². The summed E-state index contributed by atoms with van der Waals surface area (Å²) in [7, 11) is 2.87. The molecule has 2 heterocycles. The maximum atomic E-state index is 12.6. The van der Waals surface area contributed by atoms with Crippen molar-refractivity contribution in [1.29, 1.82) is 5.26 Å². The van der Waals surface area contributed by atoms with E-state index in [1.165, 1.54) is 18.7 Å². The number of piperazine rings is 1. The predicted octanol–water partition coefficient (Wildman–Crippen LogP) is 0.571. The minimum Gasteiger partial charge on any atom is -0.353 e. The van der Waals surface area contributed by atoms with Crippen LogP contribution in [0.25, 0.3) is 0 Å². The summed E-state index contributed by atoms with van der Waals surface area (Å²) < 4.78 is 2.22. The fourth-order valence-electron chi connectivity index (χ4n) is 3.23. The summed E-state index contributed by atoms with van der Waals surface area (Å²) in [5.74, 6) is 0.163. The van der Waals surface area contributed by atoms with E-state index < -0.39 is 11.2 Å². The largest absolute Gasteiger partial charge is 0.353 e. The average molecular weight is 388 g/mol. The number of aromatic nitrogens is 2. The molecule has 1 aliphatic rings. The molecular formula is C18H18ClN5O3. The number of hydrogen-bond acceptors (Lipinski definition) is 5. The number of nitrogens with zero attached hydrogens (tertiary/aromatic N) is 5. The summed E-state index contributed by atoms with van der Waals surface area (Å²) >= 11 is 5.95. The van der Waals surface area contributed by atoms with Gasteiger partial charge in [0.25, 0.3) is 11.5 Å². The number of amides is 1. The van der Waals surface area contributed by atoms with Crippen molar-refractivity contribution in [1.82, 2.24) is 14.0 Å². The Bertz CT molecular complexity index is 1060. The van der Waals surface area contributed by atoms with E-state index in [0.717, 1.165) is 4.57 Å². The molecule has 1 amide bonds. The zero-order valence-electron chi connectivity index (χ0n) is 15.0. The molecule has 0 spiro atoms. The summed E-state index contributed by atoms with van der Waals surface area (Å²) in [5, 5.41) is 9.90. The lowest BCUT2D eigenvalue weighted by molar-refractivity contribution is 0.0746. The van der Waals surface area contributed by atoms with E-state index in [0.29, 0.717) is 42.6 Å². The first-order valence-corrected chi connectivity index (χ1v) is 8.73. The molecule has 0 saturated carbocycles. The third kappa shape index (κ3) is 3.34. The predicted molar refractivity (Wildman–Crippen MR) is 101 cm³/mol. The van der Waals surface area contributed by atoms with Crippen LogP contribution < -0.4 is 16.1 Å². The fraction of sp³-hybridized carbons (Fsp3) is 0.333.